The maximum absolute atomic E-state index is 11.6. The van der Waals surface area contributed by atoms with Crippen LogP contribution in [0.15, 0.2) is 49.1 Å². The molecule has 0 unspecified atom stereocenters. The maximum Gasteiger partial charge on any atom is 0.338 e. The zero-order valence-corrected chi connectivity index (χ0v) is 16.8. The van der Waals surface area contributed by atoms with Crippen molar-refractivity contribution in [3.8, 4) is 0 Å². The van der Waals surface area contributed by atoms with Gasteiger partial charge in [0, 0.05) is 37.1 Å². The van der Waals surface area contributed by atoms with Crippen molar-refractivity contribution in [3.63, 3.8) is 0 Å². The monoisotopic (exact) mass is 386 g/mol. The van der Waals surface area contributed by atoms with Crippen molar-refractivity contribution in [1.29, 1.82) is 0 Å². The Hall–Kier alpha value is -2.76. The van der Waals surface area contributed by atoms with Crippen LogP contribution >= 0.6 is 0 Å². The average molecular weight is 386 g/mol. The Bertz CT molecular complexity index is 677. The highest BCUT2D eigenvalue weighted by molar-refractivity contribution is 5.89. The Morgan fingerprint density at radius 1 is 0.679 bits per heavy atom. The largest absolute Gasteiger partial charge is 0.462 e. The SMILES string of the molecule is CCOC(=O)c1cc[n+](CCCCCC[n+]2ccc(C(=O)OCC)cc2)cc1. The molecule has 6 nitrogen and oxygen atoms in total. The predicted molar refractivity (Wildman–Crippen MR) is 104 cm³/mol. The summed E-state index contributed by atoms with van der Waals surface area (Å²) in [4.78, 5) is 23.3. The smallest absolute Gasteiger partial charge is 0.338 e. The number of aryl methyl sites for hydroxylation is 2. The van der Waals surface area contributed by atoms with E-state index in [1.54, 1.807) is 38.1 Å². The lowest BCUT2D eigenvalue weighted by Crippen LogP contribution is -2.33. The van der Waals surface area contributed by atoms with E-state index in [4.69, 9.17) is 9.47 Å². The fraction of sp³-hybridized carbons (Fsp3) is 0.455. The van der Waals surface area contributed by atoms with Crippen LogP contribution in [-0.2, 0) is 22.6 Å². The van der Waals surface area contributed by atoms with Crippen LogP contribution in [-0.4, -0.2) is 25.2 Å². The van der Waals surface area contributed by atoms with Crippen LogP contribution in [0.1, 0.15) is 60.2 Å². The van der Waals surface area contributed by atoms with Gasteiger partial charge in [0.1, 0.15) is 13.1 Å². The van der Waals surface area contributed by atoms with Gasteiger partial charge in [0.05, 0.1) is 24.3 Å². The Morgan fingerprint density at radius 3 is 1.36 bits per heavy atom. The normalized spacial score (nSPS) is 10.5. The Labute approximate surface area is 166 Å². The predicted octanol–water partition coefficient (Wildman–Crippen LogP) is 2.88. The van der Waals surface area contributed by atoms with E-state index in [1.165, 1.54) is 0 Å². The second kappa shape index (κ2) is 11.8. The molecule has 28 heavy (non-hydrogen) atoms. The molecule has 2 rings (SSSR count). The molecule has 0 spiro atoms. The average Bonchev–Trinajstić information content (AvgIpc) is 2.72. The van der Waals surface area contributed by atoms with Crippen molar-refractivity contribution in [2.24, 2.45) is 0 Å². The van der Waals surface area contributed by atoms with E-state index in [9.17, 15) is 9.59 Å². The highest BCUT2D eigenvalue weighted by Gasteiger charge is 2.10. The van der Waals surface area contributed by atoms with Gasteiger partial charge in [-0.05, 0) is 26.7 Å². The number of pyridine rings is 2. The third-order valence-corrected chi connectivity index (χ3v) is 4.39. The van der Waals surface area contributed by atoms with Gasteiger partial charge in [-0.25, -0.2) is 18.7 Å². The van der Waals surface area contributed by atoms with E-state index < -0.39 is 0 Å². The summed E-state index contributed by atoms with van der Waals surface area (Å²) in [5, 5.41) is 0. The van der Waals surface area contributed by atoms with Gasteiger partial charge in [0.2, 0.25) is 0 Å². The number of rotatable bonds is 11. The third kappa shape index (κ3) is 7.10. The van der Waals surface area contributed by atoms with E-state index in [0.717, 1.165) is 38.8 Å². The lowest BCUT2D eigenvalue weighted by molar-refractivity contribution is -0.698. The van der Waals surface area contributed by atoms with Crippen molar-refractivity contribution in [2.45, 2.75) is 52.6 Å². The molecule has 0 aliphatic heterocycles. The minimum atomic E-state index is -0.276. The summed E-state index contributed by atoms with van der Waals surface area (Å²) in [6.07, 6.45) is 12.2. The van der Waals surface area contributed by atoms with Crippen molar-refractivity contribution in [2.75, 3.05) is 13.2 Å². The summed E-state index contributed by atoms with van der Waals surface area (Å²) >= 11 is 0. The standard InChI is InChI=1S/C22H30N2O4/c1-3-27-21(25)19-9-15-23(16-10-19)13-7-5-6-8-14-24-17-11-20(12-18-24)22(26)28-4-2/h9-12,15-18H,3-8,13-14H2,1-2H3/q+2. The molecule has 0 aliphatic carbocycles. The van der Waals surface area contributed by atoms with E-state index in [0.29, 0.717) is 24.3 Å². The lowest BCUT2D eigenvalue weighted by Gasteiger charge is -2.02. The molecule has 0 amide bonds. The van der Waals surface area contributed by atoms with Crippen molar-refractivity contribution >= 4 is 11.9 Å². The molecule has 6 heteroatoms. The summed E-state index contributed by atoms with van der Waals surface area (Å²) in [6, 6.07) is 7.20. The minimum absolute atomic E-state index is 0.276. The molecular weight excluding hydrogens is 356 g/mol. The molecule has 0 fully saturated rings. The van der Waals surface area contributed by atoms with Gasteiger partial charge in [-0.1, -0.05) is 0 Å². The van der Waals surface area contributed by atoms with Crippen molar-refractivity contribution in [1.82, 2.24) is 0 Å². The second-order valence-corrected chi connectivity index (χ2v) is 6.50. The lowest BCUT2D eigenvalue weighted by atomic mass is 10.2. The first-order chi connectivity index (χ1) is 13.6. The van der Waals surface area contributed by atoms with Gasteiger partial charge in [0.25, 0.3) is 0 Å². The van der Waals surface area contributed by atoms with Crippen LogP contribution in [0.25, 0.3) is 0 Å². The molecule has 0 bridgehead atoms. The first kappa shape index (κ1) is 21.5. The molecule has 2 aromatic rings. The Balaban J connectivity index is 1.63. The van der Waals surface area contributed by atoms with E-state index in [-0.39, 0.29) is 11.9 Å². The fourth-order valence-electron chi connectivity index (χ4n) is 2.86. The molecule has 2 heterocycles. The van der Waals surface area contributed by atoms with Gasteiger partial charge in [-0.3, -0.25) is 0 Å². The zero-order valence-electron chi connectivity index (χ0n) is 16.8. The van der Waals surface area contributed by atoms with Gasteiger partial charge < -0.3 is 9.47 Å². The Kier molecular flexibility index (Phi) is 9.11. The molecule has 0 aromatic carbocycles. The van der Waals surface area contributed by atoms with Crippen LogP contribution in [0.4, 0.5) is 0 Å². The summed E-state index contributed by atoms with van der Waals surface area (Å²) in [5.74, 6) is -0.551. The van der Waals surface area contributed by atoms with Crippen LogP contribution < -0.4 is 9.13 Å². The van der Waals surface area contributed by atoms with E-state index >= 15 is 0 Å². The Morgan fingerprint density at radius 2 is 1.04 bits per heavy atom. The van der Waals surface area contributed by atoms with Gasteiger partial charge in [-0.2, -0.15) is 0 Å². The molecule has 0 aliphatic rings. The topological polar surface area (TPSA) is 60.4 Å². The number of ether oxygens (including phenoxy) is 2. The molecular formula is C22H30N2O4+2. The molecule has 0 radical (unpaired) electrons. The quantitative estimate of drug-likeness (QED) is 0.338. The minimum Gasteiger partial charge on any atom is -0.462 e. The molecule has 0 saturated heterocycles. The van der Waals surface area contributed by atoms with Gasteiger partial charge in [-0.15, -0.1) is 0 Å². The van der Waals surface area contributed by atoms with Crippen LogP contribution in [0.5, 0.6) is 0 Å². The van der Waals surface area contributed by atoms with Crippen LogP contribution in [0.3, 0.4) is 0 Å². The van der Waals surface area contributed by atoms with E-state index in [1.807, 2.05) is 24.8 Å². The number of nitrogens with zero attached hydrogens (tertiary/aromatic N) is 2. The summed E-state index contributed by atoms with van der Waals surface area (Å²) in [5.41, 5.74) is 1.17. The zero-order chi connectivity index (χ0) is 20.2. The number of aromatic nitrogens is 2. The highest BCUT2D eigenvalue weighted by atomic mass is 16.5. The highest BCUT2D eigenvalue weighted by Crippen LogP contribution is 2.03. The van der Waals surface area contributed by atoms with Crippen LogP contribution in [0, 0.1) is 0 Å². The third-order valence-electron chi connectivity index (χ3n) is 4.39. The second-order valence-electron chi connectivity index (χ2n) is 6.50. The summed E-state index contributed by atoms with van der Waals surface area (Å²) in [6.45, 7) is 6.26. The fourth-order valence-corrected chi connectivity index (χ4v) is 2.86. The summed E-state index contributed by atoms with van der Waals surface area (Å²) < 4.78 is 14.1. The first-order valence-corrected chi connectivity index (χ1v) is 9.96. The maximum atomic E-state index is 11.6. The number of unbranched alkanes of at least 4 members (excludes halogenated alkanes) is 3. The molecule has 0 N–H and O–H groups in total. The number of esters is 2. The molecule has 2 aromatic heterocycles. The first-order valence-electron chi connectivity index (χ1n) is 9.96. The van der Waals surface area contributed by atoms with Gasteiger partial charge in [0.15, 0.2) is 24.8 Å². The molecule has 0 saturated carbocycles. The molecule has 150 valence electrons. The number of hydrogen-bond donors (Lipinski definition) is 0. The van der Waals surface area contributed by atoms with Crippen LogP contribution in [0.2, 0.25) is 0 Å². The molecule has 0 atom stereocenters. The van der Waals surface area contributed by atoms with Crippen molar-refractivity contribution < 1.29 is 28.2 Å². The number of carbonyl (C=O) groups excluding carboxylic acids is 2. The van der Waals surface area contributed by atoms with Gasteiger partial charge >= 0.3 is 11.9 Å². The number of hydrogen-bond acceptors (Lipinski definition) is 4. The number of carbonyl (C=O) groups is 2. The summed E-state index contributed by atoms with van der Waals surface area (Å²) in [7, 11) is 0. The van der Waals surface area contributed by atoms with E-state index in [2.05, 4.69) is 9.13 Å². The van der Waals surface area contributed by atoms with Crippen molar-refractivity contribution in [3.05, 3.63) is 60.2 Å².